The molecule has 2 fully saturated rings. The molecule has 7 heteroatoms. The summed E-state index contributed by atoms with van der Waals surface area (Å²) in [6.07, 6.45) is 8.20. The highest BCUT2D eigenvalue weighted by Gasteiger charge is 2.48. The number of hydrogen-bond donors (Lipinski definition) is 0. The number of imide groups is 1. The van der Waals surface area contributed by atoms with Crippen LogP contribution in [0.4, 0.5) is 5.69 Å². The van der Waals surface area contributed by atoms with E-state index in [9.17, 15) is 9.59 Å². The van der Waals surface area contributed by atoms with Crippen molar-refractivity contribution >= 4 is 17.5 Å². The van der Waals surface area contributed by atoms with Crippen LogP contribution in [0.5, 0.6) is 11.8 Å². The molecule has 1 aromatic heterocycles. The Labute approximate surface area is 175 Å². The lowest BCUT2D eigenvalue weighted by atomic mass is 9.86. The molecule has 0 unspecified atom stereocenters. The number of carbonyl (C=O) groups is 2. The zero-order chi connectivity index (χ0) is 20.9. The van der Waals surface area contributed by atoms with Gasteiger partial charge in [-0.2, -0.15) is 0 Å². The third-order valence-electron chi connectivity index (χ3n) is 6.86. The van der Waals surface area contributed by atoms with Crippen LogP contribution in [-0.4, -0.2) is 21.8 Å². The molecule has 2 aromatic rings. The van der Waals surface area contributed by atoms with Crippen LogP contribution in [0.15, 0.2) is 30.6 Å². The number of benzene rings is 1. The van der Waals surface area contributed by atoms with Crippen molar-refractivity contribution in [2.75, 3.05) is 4.90 Å². The van der Waals surface area contributed by atoms with Gasteiger partial charge in [0.1, 0.15) is 5.75 Å². The summed E-state index contributed by atoms with van der Waals surface area (Å²) in [4.78, 5) is 34.7. The molecule has 1 aliphatic carbocycles. The Morgan fingerprint density at radius 2 is 1.90 bits per heavy atom. The second kappa shape index (κ2) is 6.87. The summed E-state index contributed by atoms with van der Waals surface area (Å²) in [6.45, 7) is 4.38. The standard InChI is InChI=1S/C23H25N3O4/c1-3-22(2)11-19(27)26(20(22)28)16-12-24-21(25-13-16)30-17-7-6-15-14-29-23(18(15)10-17)8-4-5-9-23/h6-7,10,12-13H,3-5,8-9,11,14H2,1-2H3/t22-/m0/s1. The highest BCUT2D eigenvalue weighted by molar-refractivity contribution is 6.22. The van der Waals surface area contributed by atoms with E-state index in [-0.39, 0.29) is 29.8 Å². The molecule has 1 saturated carbocycles. The fraction of sp³-hybridized carbons (Fsp3) is 0.478. The van der Waals surface area contributed by atoms with Gasteiger partial charge in [0.25, 0.3) is 0 Å². The van der Waals surface area contributed by atoms with E-state index in [2.05, 4.69) is 9.97 Å². The fourth-order valence-electron chi connectivity index (χ4n) is 4.81. The third-order valence-corrected chi connectivity index (χ3v) is 6.86. The van der Waals surface area contributed by atoms with Crippen LogP contribution in [-0.2, 0) is 26.5 Å². The molecule has 5 rings (SSSR count). The SMILES string of the molecule is CC[C@@]1(C)CC(=O)N(c2cnc(Oc3ccc4c(c3)C3(CCCC3)OC4)nc2)C1=O. The lowest BCUT2D eigenvalue weighted by Crippen LogP contribution is -2.34. The maximum atomic E-state index is 12.7. The van der Waals surface area contributed by atoms with Crippen LogP contribution in [0.3, 0.4) is 0 Å². The monoisotopic (exact) mass is 407 g/mol. The number of aromatic nitrogens is 2. The van der Waals surface area contributed by atoms with Crippen molar-refractivity contribution in [3.63, 3.8) is 0 Å². The summed E-state index contributed by atoms with van der Waals surface area (Å²) >= 11 is 0. The minimum Gasteiger partial charge on any atom is -0.424 e. The fourth-order valence-corrected chi connectivity index (χ4v) is 4.81. The zero-order valence-electron chi connectivity index (χ0n) is 17.3. The molecular weight excluding hydrogens is 382 g/mol. The van der Waals surface area contributed by atoms with Crippen LogP contribution in [0, 0.1) is 5.41 Å². The van der Waals surface area contributed by atoms with Crippen molar-refractivity contribution in [1.82, 2.24) is 9.97 Å². The first-order chi connectivity index (χ1) is 14.4. The molecule has 7 nitrogen and oxygen atoms in total. The van der Waals surface area contributed by atoms with Crippen molar-refractivity contribution in [1.29, 1.82) is 0 Å². The summed E-state index contributed by atoms with van der Waals surface area (Å²) in [6, 6.07) is 6.15. The normalized spacial score (nSPS) is 24.7. The first-order valence-electron chi connectivity index (χ1n) is 10.6. The number of carbonyl (C=O) groups excluding carboxylic acids is 2. The molecule has 1 aromatic carbocycles. The van der Waals surface area contributed by atoms with Crippen LogP contribution in [0.1, 0.15) is 63.5 Å². The molecule has 156 valence electrons. The molecule has 0 N–H and O–H groups in total. The van der Waals surface area contributed by atoms with Crippen molar-refractivity contribution < 1.29 is 19.1 Å². The Kier molecular flexibility index (Phi) is 4.39. The van der Waals surface area contributed by atoms with Gasteiger partial charge in [0, 0.05) is 6.42 Å². The van der Waals surface area contributed by atoms with Gasteiger partial charge < -0.3 is 9.47 Å². The second-order valence-electron chi connectivity index (χ2n) is 8.76. The summed E-state index contributed by atoms with van der Waals surface area (Å²) in [5.41, 5.74) is 1.98. The Morgan fingerprint density at radius 3 is 2.57 bits per heavy atom. The van der Waals surface area contributed by atoms with E-state index in [4.69, 9.17) is 9.47 Å². The highest BCUT2D eigenvalue weighted by atomic mass is 16.5. The van der Waals surface area contributed by atoms with Gasteiger partial charge in [0.15, 0.2) is 0 Å². The van der Waals surface area contributed by atoms with Crippen molar-refractivity contribution in [2.24, 2.45) is 5.41 Å². The van der Waals surface area contributed by atoms with Crippen molar-refractivity contribution in [3.05, 3.63) is 41.7 Å². The Hall–Kier alpha value is -2.80. The highest BCUT2D eigenvalue weighted by Crippen LogP contribution is 2.49. The van der Waals surface area contributed by atoms with Gasteiger partial charge in [-0.15, -0.1) is 0 Å². The van der Waals surface area contributed by atoms with Crippen molar-refractivity contribution in [2.45, 2.75) is 64.6 Å². The Balaban J connectivity index is 1.35. The number of ether oxygens (including phenoxy) is 2. The molecule has 2 aliphatic heterocycles. The molecule has 30 heavy (non-hydrogen) atoms. The molecule has 3 aliphatic rings. The molecule has 3 heterocycles. The van der Waals surface area contributed by atoms with Gasteiger partial charge in [-0.25, -0.2) is 14.9 Å². The van der Waals surface area contributed by atoms with Crippen LogP contribution < -0.4 is 9.64 Å². The predicted molar refractivity (Wildman–Crippen MR) is 109 cm³/mol. The summed E-state index contributed by atoms with van der Waals surface area (Å²) < 4.78 is 12.0. The molecule has 1 saturated heterocycles. The number of fused-ring (bicyclic) bond motifs is 2. The first-order valence-corrected chi connectivity index (χ1v) is 10.6. The number of rotatable bonds is 4. The van der Waals surface area contributed by atoms with E-state index >= 15 is 0 Å². The van der Waals surface area contributed by atoms with E-state index in [0.717, 1.165) is 12.8 Å². The first kappa shape index (κ1) is 19.2. The predicted octanol–water partition coefficient (Wildman–Crippen LogP) is 4.25. The second-order valence-corrected chi connectivity index (χ2v) is 8.76. The number of nitrogens with zero attached hydrogens (tertiary/aromatic N) is 3. The lowest BCUT2D eigenvalue weighted by Gasteiger charge is -2.23. The van der Waals surface area contributed by atoms with E-state index < -0.39 is 5.41 Å². The number of amides is 2. The molecule has 0 radical (unpaired) electrons. The minimum absolute atomic E-state index is 0.165. The molecule has 2 amide bonds. The lowest BCUT2D eigenvalue weighted by molar-refractivity contribution is -0.125. The van der Waals surface area contributed by atoms with Crippen molar-refractivity contribution in [3.8, 4) is 11.8 Å². The van der Waals surface area contributed by atoms with E-state index in [0.29, 0.717) is 24.5 Å². The average molecular weight is 407 g/mol. The Bertz CT molecular complexity index is 1010. The smallest absolute Gasteiger partial charge is 0.322 e. The number of anilines is 1. The van der Waals surface area contributed by atoms with Gasteiger partial charge in [-0.3, -0.25) is 9.59 Å². The van der Waals surface area contributed by atoms with Crippen LogP contribution >= 0.6 is 0 Å². The van der Waals surface area contributed by atoms with Gasteiger partial charge in [0.05, 0.1) is 35.7 Å². The van der Waals surface area contributed by atoms with Gasteiger partial charge in [-0.05, 0) is 42.5 Å². The maximum absolute atomic E-state index is 12.7. The van der Waals surface area contributed by atoms with Gasteiger partial charge >= 0.3 is 6.01 Å². The van der Waals surface area contributed by atoms with Crippen LogP contribution in [0.2, 0.25) is 0 Å². The van der Waals surface area contributed by atoms with Gasteiger partial charge in [0.2, 0.25) is 11.8 Å². The van der Waals surface area contributed by atoms with E-state index in [1.165, 1.54) is 41.3 Å². The quantitative estimate of drug-likeness (QED) is 0.705. The maximum Gasteiger partial charge on any atom is 0.322 e. The molecular formula is C23H25N3O4. The topological polar surface area (TPSA) is 81.6 Å². The largest absolute Gasteiger partial charge is 0.424 e. The zero-order valence-corrected chi connectivity index (χ0v) is 17.3. The average Bonchev–Trinajstić information content (AvgIpc) is 3.42. The van der Waals surface area contributed by atoms with Crippen LogP contribution in [0.25, 0.3) is 0 Å². The number of hydrogen-bond acceptors (Lipinski definition) is 6. The van der Waals surface area contributed by atoms with E-state index in [1.54, 1.807) is 0 Å². The molecule has 0 bridgehead atoms. The van der Waals surface area contributed by atoms with Gasteiger partial charge in [-0.1, -0.05) is 32.8 Å². The summed E-state index contributed by atoms with van der Waals surface area (Å²) in [5.74, 6) is 0.236. The molecule has 1 atom stereocenters. The third kappa shape index (κ3) is 2.91. The van der Waals surface area contributed by atoms with E-state index in [1.807, 2.05) is 32.0 Å². The summed E-state index contributed by atoms with van der Waals surface area (Å²) in [7, 11) is 0. The minimum atomic E-state index is -0.658. The Morgan fingerprint density at radius 1 is 1.17 bits per heavy atom. The summed E-state index contributed by atoms with van der Waals surface area (Å²) in [5, 5.41) is 0. The molecule has 1 spiro atoms.